The van der Waals surface area contributed by atoms with Crippen LogP contribution in [0.5, 0.6) is 0 Å². The maximum absolute atomic E-state index is 6.40. The molecule has 3 unspecified atom stereocenters. The molecule has 0 fully saturated rings. The van der Waals surface area contributed by atoms with E-state index in [4.69, 9.17) is 11.6 Å². The van der Waals surface area contributed by atoms with Gasteiger partial charge in [0.25, 0.3) is 0 Å². The van der Waals surface area contributed by atoms with Gasteiger partial charge in [-0.25, -0.2) is 0 Å². The number of aromatic nitrogens is 1. The Hall–Kier alpha value is -0.560. The Balaban J connectivity index is 2.57. The number of hydrogen-bond acceptors (Lipinski definition) is 1. The Morgan fingerprint density at radius 1 is 1.33 bits per heavy atom. The first kappa shape index (κ1) is 12.5. The molecule has 1 heterocycles. The highest BCUT2D eigenvalue weighted by Gasteiger charge is 2.19. The molecule has 1 aromatic rings. The molecular weight excluding hydrogens is 206 g/mol. The van der Waals surface area contributed by atoms with Gasteiger partial charge in [0.2, 0.25) is 0 Å². The number of rotatable bonds is 5. The molecule has 0 aliphatic heterocycles. The Morgan fingerprint density at radius 3 is 2.60 bits per heavy atom. The molecule has 1 rings (SSSR count). The van der Waals surface area contributed by atoms with Gasteiger partial charge in [0.15, 0.2) is 0 Å². The summed E-state index contributed by atoms with van der Waals surface area (Å²) in [7, 11) is 0. The first-order valence-electron chi connectivity index (χ1n) is 5.70. The van der Waals surface area contributed by atoms with Crippen LogP contribution < -0.4 is 0 Å². The average molecular weight is 226 g/mol. The molecular formula is C13H20ClN. The summed E-state index contributed by atoms with van der Waals surface area (Å²) in [6.45, 7) is 6.61. The topological polar surface area (TPSA) is 12.9 Å². The number of nitrogens with zero attached hydrogens (tertiary/aromatic N) is 1. The van der Waals surface area contributed by atoms with Crippen molar-refractivity contribution in [3.05, 3.63) is 30.1 Å². The summed E-state index contributed by atoms with van der Waals surface area (Å²) >= 11 is 6.40. The summed E-state index contributed by atoms with van der Waals surface area (Å²) in [5, 5.41) is 0.190. The van der Waals surface area contributed by atoms with Crippen LogP contribution in [0.2, 0.25) is 0 Å². The fourth-order valence-corrected chi connectivity index (χ4v) is 2.02. The van der Waals surface area contributed by atoms with Crippen LogP contribution in [0.1, 0.15) is 45.2 Å². The van der Waals surface area contributed by atoms with E-state index in [-0.39, 0.29) is 5.38 Å². The van der Waals surface area contributed by atoms with E-state index in [9.17, 15) is 0 Å². The van der Waals surface area contributed by atoms with E-state index in [1.165, 1.54) is 6.42 Å². The van der Waals surface area contributed by atoms with Gasteiger partial charge in [-0.3, -0.25) is 4.98 Å². The third-order valence-electron chi connectivity index (χ3n) is 3.02. The Morgan fingerprint density at radius 2 is 2.07 bits per heavy atom. The lowest BCUT2D eigenvalue weighted by Crippen LogP contribution is -2.14. The summed E-state index contributed by atoms with van der Waals surface area (Å²) in [5.41, 5.74) is 1.10. The van der Waals surface area contributed by atoms with E-state index in [0.29, 0.717) is 11.8 Å². The molecule has 84 valence electrons. The van der Waals surface area contributed by atoms with Gasteiger partial charge in [0.1, 0.15) is 0 Å². The molecule has 0 aromatic carbocycles. The van der Waals surface area contributed by atoms with E-state index in [0.717, 1.165) is 12.1 Å². The van der Waals surface area contributed by atoms with Crippen LogP contribution in [0, 0.1) is 5.92 Å². The van der Waals surface area contributed by atoms with Gasteiger partial charge in [-0.1, -0.05) is 33.3 Å². The monoisotopic (exact) mass is 225 g/mol. The third kappa shape index (κ3) is 3.83. The predicted octanol–water partition coefficient (Wildman–Crippen LogP) is 4.23. The highest BCUT2D eigenvalue weighted by Crippen LogP contribution is 2.27. The zero-order chi connectivity index (χ0) is 11.3. The van der Waals surface area contributed by atoms with Crippen molar-refractivity contribution in [1.82, 2.24) is 4.98 Å². The lowest BCUT2D eigenvalue weighted by molar-refractivity contribution is 0.473. The summed E-state index contributed by atoms with van der Waals surface area (Å²) in [6, 6.07) is 6.01. The molecule has 0 spiro atoms. The zero-order valence-corrected chi connectivity index (χ0v) is 10.5. The maximum Gasteiger partial charge on any atom is 0.0446 e. The van der Waals surface area contributed by atoms with Crippen LogP contribution in [-0.4, -0.2) is 10.4 Å². The summed E-state index contributed by atoms with van der Waals surface area (Å²) in [5.74, 6) is 1.03. The molecule has 0 amide bonds. The SMILES string of the molecule is CCC(C)CC(Cl)C(C)c1ccccn1. The van der Waals surface area contributed by atoms with Crippen molar-refractivity contribution >= 4 is 11.6 Å². The zero-order valence-electron chi connectivity index (χ0n) is 9.78. The molecule has 15 heavy (non-hydrogen) atoms. The quantitative estimate of drug-likeness (QED) is 0.684. The molecule has 1 nitrogen and oxygen atoms in total. The molecule has 0 saturated heterocycles. The lowest BCUT2D eigenvalue weighted by Gasteiger charge is -2.20. The van der Waals surface area contributed by atoms with Crippen LogP contribution in [0.15, 0.2) is 24.4 Å². The highest BCUT2D eigenvalue weighted by molar-refractivity contribution is 6.21. The van der Waals surface area contributed by atoms with Gasteiger partial charge in [-0.05, 0) is 24.5 Å². The van der Waals surface area contributed by atoms with Gasteiger partial charge in [0.05, 0.1) is 0 Å². The largest absolute Gasteiger partial charge is 0.261 e. The van der Waals surface area contributed by atoms with Crippen molar-refractivity contribution in [1.29, 1.82) is 0 Å². The van der Waals surface area contributed by atoms with E-state index in [1.54, 1.807) is 0 Å². The van der Waals surface area contributed by atoms with Gasteiger partial charge in [0, 0.05) is 23.2 Å². The van der Waals surface area contributed by atoms with Gasteiger partial charge >= 0.3 is 0 Å². The van der Waals surface area contributed by atoms with Crippen LogP contribution in [-0.2, 0) is 0 Å². The molecule has 2 heteroatoms. The lowest BCUT2D eigenvalue weighted by atomic mass is 9.93. The van der Waals surface area contributed by atoms with Crippen molar-refractivity contribution in [2.45, 2.75) is 44.9 Å². The van der Waals surface area contributed by atoms with Crippen molar-refractivity contribution in [3.8, 4) is 0 Å². The third-order valence-corrected chi connectivity index (χ3v) is 3.58. The van der Waals surface area contributed by atoms with Gasteiger partial charge in [-0.15, -0.1) is 11.6 Å². The molecule has 3 atom stereocenters. The fourth-order valence-electron chi connectivity index (χ4n) is 1.59. The van der Waals surface area contributed by atoms with E-state index in [1.807, 2.05) is 18.3 Å². The fraction of sp³-hybridized carbons (Fsp3) is 0.615. The van der Waals surface area contributed by atoms with Crippen LogP contribution in [0.4, 0.5) is 0 Å². The molecule has 0 N–H and O–H groups in total. The second-order valence-corrected chi connectivity index (χ2v) is 4.87. The van der Waals surface area contributed by atoms with Crippen molar-refractivity contribution < 1.29 is 0 Å². The highest BCUT2D eigenvalue weighted by atomic mass is 35.5. The molecule has 1 aromatic heterocycles. The van der Waals surface area contributed by atoms with Crippen LogP contribution in [0.25, 0.3) is 0 Å². The number of alkyl halides is 1. The molecule has 0 aliphatic carbocycles. The minimum Gasteiger partial charge on any atom is -0.261 e. The van der Waals surface area contributed by atoms with Crippen molar-refractivity contribution in [3.63, 3.8) is 0 Å². The second-order valence-electron chi connectivity index (χ2n) is 4.31. The predicted molar refractivity (Wildman–Crippen MR) is 66.4 cm³/mol. The maximum atomic E-state index is 6.40. The Kier molecular flexibility index (Phi) is 5.10. The molecule has 0 radical (unpaired) electrons. The van der Waals surface area contributed by atoms with Crippen molar-refractivity contribution in [2.24, 2.45) is 5.92 Å². The average Bonchev–Trinajstić information content (AvgIpc) is 2.29. The second kappa shape index (κ2) is 6.12. The molecule has 0 aliphatic rings. The molecule has 0 saturated carbocycles. The van der Waals surface area contributed by atoms with Gasteiger partial charge in [-0.2, -0.15) is 0 Å². The summed E-state index contributed by atoms with van der Waals surface area (Å²) in [6.07, 6.45) is 4.09. The Labute approximate surface area is 97.9 Å². The number of hydrogen-bond donors (Lipinski definition) is 0. The smallest absolute Gasteiger partial charge is 0.0446 e. The van der Waals surface area contributed by atoms with Gasteiger partial charge < -0.3 is 0 Å². The normalized spacial score (nSPS) is 17.1. The van der Waals surface area contributed by atoms with Crippen LogP contribution in [0.3, 0.4) is 0 Å². The number of pyridine rings is 1. The molecule has 0 bridgehead atoms. The van der Waals surface area contributed by atoms with E-state index >= 15 is 0 Å². The van der Waals surface area contributed by atoms with E-state index < -0.39 is 0 Å². The van der Waals surface area contributed by atoms with E-state index in [2.05, 4.69) is 31.8 Å². The van der Waals surface area contributed by atoms with Crippen LogP contribution >= 0.6 is 11.6 Å². The summed E-state index contributed by atoms with van der Waals surface area (Å²) < 4.78 is 0. The number of halogens is 1. The van der Waals surface area contributed by atoms with Crippen molar-refractivity contribution in [2.75, 3.05) is 0 Å². The standard InChI is InChI=1S/C13H20ClN/c1-4-10(2)9-12(14)11(3)13-7-5-6-8-15-13/h5-8,10-12H,4,9H2,1-3H3. The minimum absolute atomic E-state index is 0.190. The summed E-state index contributed by atoms with van der Waals surface area (Å²) in [4.78, 5) is 4.35. The first-order chi connectivity index (χ1) is 7.15. The Bertz CT molecular complexity index is 273. The minimum atomic E-state index is 0.190. The first-order valence-corrected chi connectivity index (χ1v) is 6.13.